The van der Waals surface area contributed by atoms with Crippen molar-refractivity contribution in [1.82, 2.24) is 4.98 Å². The number of pyridine rings is 1. The number of aromatic hydroxyl groups is 1. The van der Waals surface area contributed by atoms with Crippen molar-refractivity contribution in [2.75, 3.05) is 0 Å². The fourth-order valence-electron chi connectivity index (χ4n) is 2.78. The van der Waals surface area contributed by atoms with E-state index in [1.54, 1.807) is 30.3 Å². The first-order chi connectivity index (χ1) is 13.0. The second-order valence-electron chi connectivity index (χ2n) is 5.69. The van der Waals surface area contributed by atoms with Crippen molar-refractivity contribution < 1.29 is 15.0 Å². The van der Waals surface area contributed by atoms with Gasteiger partial charge in [-0.1, -0.05) is 12.1 Å². The van der Waals surface area contributed by atoms with Gasteiger partial charge < -0.3 is 15.2 Å². The SMILES string of the molecule is N#Cc1c(O)c2c(-c3ccc(-c4ccc(C(=O)O)cc4)s3)csc2[nH]c1=O. The van der Waals surface area contributed by atoms with E-state index >= 15 is 0 Å². The van der Waals surface area contributed by atoms with Crippen LogP contribution in [-0.4, -0.2) is 21.2 Å². The maximum atomic E-state index is 11.8. The van der Waals surface area contributed by atoms with Crippen molar-refractivity contribution >= 4 is 38.9 Å². The predicted octanol–water partition coefficient (Wildman–Crippen LogP) is 4.26. The highest BCUT2D eigenvalue weighted by atomic mass is 32.1. The van der Waals surface area contributed by atoms with Gasteiger partial charge >= 0.3 is 5.97 Å². The molecule has 6 nitrogen and oxygen atoms in total. The number of carboxylic acids is 1. The standard InChI is InChI=1S/C19H10N2O4S2/c20-7-11-16(22)15-12(8-26-18(15)21-17(11)23)14-6-5-13(27-14)9-1-3-10(4-2-9)19(24)25/h1-6,8H,(H,24,25)(H2,21,22,23). The van der Waals surface area contributed by atoms with Gasteiger partial charge in [-0.25, -0.2) is 4.79 Å². The minimum atomic E-state index is -0.976. The zero-order valence-corrected chi connectivity index (χ0v) is 15.1. The lowest BCUT2D eigenvalue weighted by Crippen LogP contribution is -2.09. The number of nitrogens with zero attached hydrogens (tertiary/aromatic N) is 1. The average Bonchev–Trinajstić information content (AvgIpc) is 3.29. The second kappa shape index (κ2) is 6.39. The minimum absolute atomic E-state index is 0.220. The Morgan fingerprint density at radius 1 is 1.11 bits per heavy atom. The largest absolute Gasteiger partial charge is 0.506 e. The van der Waals surface area contributed by atoms with Crippen LogP contribution in [0.5, 0.6) is 5.75 Å². The molecule has 0 spiro atoms. The molecule has 8 heteroatoms. The lowest BCUT2D eigenvalue weighted by Gasteiger charge is -2.01. The van der Waals surface area contributed by atoms with E-state index in [1.165, 1.54) is 22.7 Å². The zero-order valence-electron chi connectivity index (χ0n) is 13.5. The molecule has 0 saturated carbocycles. The first kappa shape index (κ1) is 17.0. The van der Waals surface area contributed by atoms with E-state index in [2.05, 4.69) is 4.98 Å². The summed E-state index contributed by atoms with van der Waals surface area (Å²) in [5.74, 6) is -1.29. The molecule has 3 N–H and O–H groups in total. The molecule has 0 bridgehead atoms. The van der Waals surface area contributed by atoms with Crippen LogP contribution in [0.3, 0.4) is 0 Å². The number of thiophene rings is 2. The molecule has 1 aromatic carbocycles. The van der Waals surface area contributed by atoms with Crippen LogP contribution in [0, 0.1) is 11.3 Å². The van der Waals surface area contributed by atoms with Crippen LogP contribution >= 0.6 is 22.7 Å². The second-order valence-corrected chi connectivity index (χ2v) is 7.65. The summed E-state index contributed by atoms with van der Waals surface area (Å²) < 4.78 is 0. The number of aromatic nitrogens is 1. The lowest BCUT2D eigenvalue weighted by molar-refractivity contribution is 0.0697. The number of H-pyrrole nitrogens is 1. The molecular formula is C19H10N2O4S2. The number of nitriles is 1. The molecule has 132 valence electrons. The lowest BCUT2D eigenvalue weighted by atomic mass is 10.1. The maximum Gasteiger partial charge on any atom is 0.335 e. The van der Waals surface area contributed by atoms with Crippen LogP contribution in [0.25, 0.3) is 31.1 Å². The summed E-state index contributed by atoms with van der Waals surface area (Å²) in [6.45, 7) is 0. The quantitative estimate of drug-likeness (QED) is 0.480. The number of benzene rings is 1. The number of rotatable bonds is 3. The molecule has 27 heavy (non-hydrogen) atoms. The summed E-state index contributed by atoms with van der Waals surface area (Å²) >= 11 is 2.76. The van der Waals surface area contributed by atoms with Crippen LogP contribution in [0.1, 0.15) is 15.9 Å². The molecule has 0 aliphatic carbocycles. The van der Waals surface area contributed by atoms with Gasteiger partial charge in [0, 0.05) is 20.7 Å². The average molecular weight is 394 g/mol. The summed E-state index contributed by atoms with van der Waals surface area (Å²) in [6.07, 6.45) is 0. The van der Waals surface area contributed by atoms with E-state index in [1.807, 2.05) is 17.5 Å². The molecule has 0 atom stereocenters. The molecule has 0 radical (unpaired) electrons. The van der Waals surface area contributed by atoms with Gasteiger partial charge in [-0.05, 0) is 29.8 Å². The molecule has 0 saturated heterocycles. The number of aromatic amines is 1. The molecule has 4 rings (SSSR count). The Hall–Kier alpha value is -3.41. The third-order valence-electron chi connectivity index (χ3n) is 4.12. The van der Waals surface area contributed by atoms with Crippen LogP contribution in [0.2, 0.25) is 0 Å². The van der Waals surface area contributed by atoms with Crippen molar-refractivity contribution in [3.63, 3.8) is 0 Å². The van der Waals surface area contributed by atoms with Gasteiger partial charge in [0.25, 0.3) is 5.56 Å². The maximum absolute atomic E-state index is 11.8. The predicted molar refractivity (Wildman–Crippen MR) is 105 cm³/mol. The molecule has 3 aromatic heterocycles. The number of hydrogen-bond donors (Lipinski definition) is 3. The van der Waals surface area contributed by atoms with Crippen LogP contribution < -0.4 is 5.56 Å². The number of carboxylic acid groups (broad SMARTS) is 1. The van der Waals surface area contributed by atoms with Crippen LogP contribution in [0.4, 0.5) is 0 Å². The third-order valence-corrected chi connectivity index (χ3v) is 6.18. The minimum Gasteiger partial charge on any atom is -0.506 e. The number of fused-ring (bicyclic) bond motifs is 1. The van der Waals surface area contributed by atoms with E-state index in [9.17, 15) is 14.7 Å². The Morgan fingerprint density at radius 2 is 1.81 bits per heavy atom. The van der Waals surface area contributed by atoms with E-state index in [0.29, 0.717) is 10.2 Å². The van der Waals surface area contributed by atoms with Crippen molar-refractivity contribution in [2.24, 2.45) is 0 Å². The van der Waals surface area contributed by atoms with E-state index in [4.69, 9.17) is 10.4 Å². The number of aromatic carboxylic acids is 1. The number of carbonyl (C=O) groups is 1. The Morgan fingerprint density at radius 3 is 2.48 bits per heavy atom. The monoisotopic (exact) mass is 394 g/mol. The molecule has 0 amide bonds. The highest BCUT2D eigenvalue weighted by Crippen LogP contribution is 2.43. The Balaban J connectivity index is 1.81. The fraction of sp³-hybridized carbons (Fsp3) is 0. The molecule has 3 heterocycles. The molecule has 0 aliphatic rings. The molecule has 4 aromatic rings. The van der Waals surface area contributed by atoms with Gasteiger partial charge in [-0.15, -0.1) is 22.7 Å². The summed E-state index contributed by atoms with van der Waals surface area (Å²) in [7, 11) is 0. The Labute approximate surface area is 160 Å². The summed E-state index contributed by atoms with van der Waals surface area (Å²) in [6, 6.07) is 12.1. The Kier molecular flexibility index (Phi) is 4.03. The van der Waals surface area contributed by atoms with Crippen molar-refractivity contribution in [3.8, 4) is 32.7 Å². The van der Waals surface area contributed by atoms with Gasteiger partial charge in [0.15, 0.2) is 5.56 Å². The van der Waals surface area contributed by atoms with E-state index in [0.717, 1.165) is 20.9 Å². The topological polar surface area (TPSA) is 114 Å². The van der Waals surface area contributed by atoms with E-state index < -0.39 is 11.5 Å². The fourth-order valence-corrected chi connectivity index (χ4v) is 4.85. The first-order valence-electron chi connectivity index (χ1n) is 7.70. The van der Waals surface area contributed by atoms with Crippen molar-refractivity contribution in [1.29, 1.82) is 5.26 Å². The summed E-state index contributed by atoms with van der Waals surface area (Å²) in [5.41, 5.74) is 0.923. The molecular weight excluding hydrogens is 384 g/mol. The highest BCUT2D eigenvalue weighted by molar-refractivity contribution is 7.20. The summed E-state index contributed by atoms with van der Waals surface area (Å²) in [4.78, 5) is 27.7. The van der Waals surface area contributed by atoms with E-state index in [-0.39, 0.29) is 16.9 Å². The molecule has 0 aliphatic heterocycles. The third kappa shape index (κ3) is 2.79. The van der Waals surface area contributed by atoms with Crippen molar-refractivity contribution in [2.45, 2.75) is 0 Å². The van der Waals surface area contributed by atoms with Crippen molar-refractivity contribution in [3.05, 3.63) is 63.3 Å². The number of nitrogens with one attached hydrogen (secondary N) is 1. The zero-order chi connectivity index (χ0) is 19.1. The highest BCUT2D eigenvalue weighted by Gasteiger charge is 2.18. The van der Waals surface area contributed by atoms with Gasteiger partial charge in [0.05, 0.1) is 10.9 Å². The van der Waals surface area contributed by atoms with Crippen LogP contribution in [0.15, 0.2) is 46.6 Å². The molecule has 0 fully saturated rings. The Bertz CT molecular complexity index is 1290. The number of hydrogen-bond acceptors (Lipinski definition) is 6. The van der Waals surface area contributed by atoms with Gasteiger partial charge in [0.1, 0.15) is 16.6 Å². The van der Waals surface area contributed by atoms with Gasteiger partial charge in [-0.3, -0.25) is 4.79 Å². The molecule has 0 unspecified atom stereocenters. The van der Waals surface area contributed by atoms with Gasteiger partial charge in [-0.2, -0.15) is 5.26 Å². The van der Waals surface area contributed by atoms with Crippen LogP contribution in [-0.2, 0) is 0 Å². The summed E-state index contributed by atoms with van der Waals surface area (Å²) in [5, 5.41) is 30.8. The first-order valence-corrected chi connectivity index (χ1v) is 9.39. The van der Waals surface area contributed by atoms with Gasteiger partial charge in [0.2, 0.25) is 0 Å². The normalized spacial score (nSPS) is 10.8. The smallest absolute Gasteiger partial charge is 0.335 e.